The molecule has 2 aromatic carbocycles. The van der Waals surface area contributed by atoms with Gasteiger partial charge in [0.05, 0.1) is 4.91 Å². The highest BCUT2D eigenvalue weighted by Gasteiger charge is 2.28. The molecule has 0 radical (unpaired) electrons. The average Bonchev–Trinajstić information content (AvgIpc) is 3.04. The van der Waals surface area contributed by atoms with Gasteiger partial charge >= 0.3 is 0 Å². The van der Waals surface area contributed by atoms with E-state index >= 15 is 0 Å². The van der Waals surface area contributed by atoms with E-state index in [0.29, 0.717) is 9.93 Å². The minimum absolute atomic E-state index is 0.202. The fourth-order valence-corrected chi connectivity index (χ4v) is 4.43. The van der Waals surface area contributed by atoms with Gasteiger partial charge < -0.3 is 9.80 Å². The minimum atomic E-state index is -0.202. The number of halogens is 2. The Morgan fingerprint density at radius 1 is 0.963 bits per heavy atom. The summed E-state index contributed by atoms with van der Waals surface area (Å²) in [5.74, 6) is -0.202. The number of carbonyl (C=O) groups excluding carboxylic acids is 1. The van der Waals surface area contributed by atoms with Gasteiger partial charge in [-0.2, -0.15) is 4.99 Å². The zero-order valence-corrected chi connectivity index (χ0v) is 16.8. The summed E-state index contributed by atoms with van der Waals surface area (Å²) in [7, 11) is 0. The van der Waals surface area contributed by atoms with Crippen molar-refractivity contribution in [2.75, 3.05) is 31.1 Å². The van der Waals surface area contributed by atoms with Crippen LogP contribution in [0.4, 0.5) is 5.69 Å². The topological polar surface area (TPSA) is 35.9 Å². The van der Waals surface area contributed by atoms with E-state index in [1.54, 1.807) is 0 Å². The number of anilines is 1. The molecule has 0 unspecified atom stereocenters. The van der Waals surface area contributed by atoms with Crippen LogP contribution in [0.1, 0.15) is 5.56 Å². The highest BCUT2D eigenvalue weighted by molar-refractivity contribution is 8.18. The van der Waals surface area contributed by atoms with Crippen molar-refractivity contribution in [3.8, 4) is 0 Å². The monoisotopic (exact) mass is 417 g/mol. The van der Waals surface area contributed by atoms with Crippen LogP contribution in [0.3, 0.4) is 0 Å². The van der Waals surface area contributed by atoms with Crippen LogP contribution in [0, 0.1) is 0 Å². The Kier molecular flexibility index (Phi) is 5.43. The van der Waals surface area contributed by atoms with Crippen LogP contribution in [0.5, 0.6) is 0 Å². The molecule has 2 aliphatic heterocycles. The fourth-order valence-electron chi connectivity index (χ4n) is 3.10. The van der Waals surface area contributed by atoms with Gasteiger partial charge in [0.1, 0.15) is 0 Å². The Morgan fingerprint density at radius 3 is 2.44 bits per heavy atom. The van der Waals surface area contributed by atoms with Crippen molar-refractivity contribution in [2.45, 2.75) is 0 Å². The van der Waals surface area contributed by atoms with Gasteiger partial charge in [0.2, 0.25) is 0 Å². The van der Waals surface area contributed by atoms with Gasteiger partial charge in [0, 0.05) is 41.9 Å². The number of hydrogen-bond acceptors (Lipinski definition) is 4. The van der Waals surface area contributed by atoms with Gasteiger partial charge in [-0.05, 0) is 47.7 Å². The first-order chi connectivity index (χ1) is 13.1. The predicted octanol–water partition coefficient (Wildman–Crippen LogP) is 4.79. The molecule has 0 aliphatic carbocycles. The lowest BCUT2D eigenvalue weighted by Gasteiger charge is -2.36. The minimum Gasteiger partial charge on any atom is -0.368 e. The van der Waals surface area contributed by atoms with Gasteiger partial charge in [-0.1, -0.05) is 47.5 Å². The number of amides is 1. The number of rotatable bonds is 2. The van der Waals surface area contributed by atoms with E-state index in [2.05, 4.69) is 20.9 Å². The SMILES string of the molecule is O=C1N=C(N2CCN(c3cccc(Cl)c3)CC2)SC1=Cc1ccccc1Cl. The Bertz CT molecular complexity index is 936. The molecule has 4 rings (SSSR count). The van der Waals surface area contributed by atoms with E-state index in [0.717, 1.165) is 47.6 Å². The number of thioether (sulfide) groups is 1. The molecule has 1 saturated heterocycles. The molecule has 1 fully saturated rings. The number of aliphatic imine (C=N–C) groups is 1. The number of benzene rings is 2. The summed E-state index contributed by atoms with van der Waals surface area (Å²) in [4.78, 5) is 21.6. The third-order valence-electron chi connectivity index (χ3n) is 4.52. The normalized spacial score (nSPS) is 19.0. The maximum Gasteiger partial charge on any atom is 0.286 e. The van der Waals surface area contributed by atoms with Crippen LogP contribution >= 0.6 is 35.0 Å². The summed E-state index contributed by atoms with van der Waals surface area (Å²) in [6, 6.07) is 15.4. The predicted molar refractivity (Wildman–Crippen MR) is 115 cm³/mol. The first-order valence-electron chi connectivity index (χ1n) is 8.63. The molecule has 4 nitrogen and oxygen atoms in total. The van der Waals surface area contributed by atoms with Crippen LogP contribution in [0.15, 0.2) is 58.4 Å². The van der Waals surface area contributed by atoms with Gasteiger partial charge in [0.25, 0.3) is 5.91 Å². The first kappa shape index (κ1) is 18.4. The zero-order chi connectivity index (χ0) is 18.8. The lowest BCUT2D eigenvalue weighted by molar-refractivity contribution is -0.113. The summed E-state index contributed by atoms with van der Waals surface area (Å²) in [6.45, 7) is 3.34. The van der Waals surface area contributed by atoms with Gasteiger partial charge in [0.15, 0.2) is 5.17 Å². The summed E-state index contributed by atoms with van der Waals surface area (Å²) < 4.78 is 0. The number of amidine groups is 1. The molecule has 0 N–H and O–H groups in total. The van der Waals surface area contributed by atoms with Crippen LogP contribution in [0.25, 0.3) is 6.08 Å². The molecule has 0 atom stereocenters. The molecule has 0 saturated carbocycles. The summed E-state index contributed by atoms with van der Waals surface area (Å²) in [5, 5.41) is 2.14. The number of nitrogens with zero attached hydrogens (tertiary/aromatic N) is 3. The van der Waals surface area contributed by atoms with E-state index in [1.807, 2.05) is 48.5 Å². The third-order valence-corrected chi connectivity index (χ3v) is 6.15. The van der Waals surface area contributed by atoms with Crippen LogP contribution in [-0.4, -0.2) is 42.2 Å². The second-order valence-electron chi connectivity index (χ2n) is 6.29. The molecule has 2 heterocycles. The van der Waals surface area contributed by atoms with Crippen molar-refractivity contribution in [1.29, 1.82) is 0 Å². The van der Waals surface area contributed by atoms with E-state index < -0.39 is 0 Å². The Morgan fingerprint density at radius 2 is 1.70 bits per heavy atom. The van der Waals surface area contributed by atoms with E-state index in [4.69, 9.17) is 23.2 Å². The summed E-state index contributed by atoms with van der Waals surface area (Å²) in [6.07, 6.45) is 1.81. The van der Waals surface area contributed by atoms with Gasteiger partial charge in [-0.3, -0.25) is 4.79 Å². The molecule has 0 aromatic heterocycles. The largest absolute Gasteiger partial charge is 0.368 e. The molecule has 0 spiro atoms. The van der Waals surface area contributed by atoms with Crippen LogP contribution < -0.4 is 4.90 Å². The fraction of sp³-hybridized carbons (Fsp3) is 0.200. The smallest absolute Gasteiger partial charge is 0.286 e. The van der Waals surface area contributed by atoms with Crippen molar-refractivity contribution in [2.24, 2.45) is 4.99 Å². The standard InChI is InChI=1S/C20H17Cl2N3OS/c21-15-5-3-6-16(13-15)24-8-10-25(11-9-24)20-23-19(26)18(27-20)12-14-4-1-2-7-17(14)22/h1-7,12-13H,8-11H2. The molecule has 2 aliphatic rings. The maximum atomic E-state index is 12.3. The van der Waals surface area contributed by atoms with Crippen LogP contribution in [0.2, 0.25) is 10.0 Å². The Hall–Kier alpha value is -1.95. The number of carbonyl (C=O) groups is 1. The lowest BCUT2D eigenvalue weighted by atomic mass is 10.2. The Labute approximate surface area is 172 Å². The third kappa shape index (κ3) is 4.15. The first-order valence-corrected chi connectivity index (χ1v) is 10.2. The van der Waals surface area contributed by atoms with Crippen molar-refractivity contribution in [1.82, 2.24) is 4.90 Å². The second kappa shape index (κ2) is 7.97. The van der Waals surface area contributed by atoms with E-state index in [9.17, 15) is 4.79 Å². The lowest BCUT2D eigenvalue weighted by Crippen LogP contribution is -2.47. The van der Waals surface area contributed by atoms with Gasteiger partial charge in [-0.15, -0.1) is 0 Å². The number of hydrogen-bond donors (Lipinski definition) is 0. The van der Waals surface area contributed by atoms with Gasteiger partial charge in [-0.25, -0.2) is 0 Å². The highest BCUT2D eigenvalue weighted by Crippen LogP contribution is 2.32. The molecule has 27 heavy (non-hydrogen) atoms. The summed E-state index contributed by atoms with van der Waals surface area (Å²) >= 11 is 13.7. The summed E-state index contributed by atoms with van der Waals surface area (Å²) in [5.41, 5.74) is 1.95. The molecule has 1 amide bonds. The van der Waals surface area contributed by atoms with Crippen LogP contribution in [-0.2, 0) is 4.79 Å². The van der Waals surface area contributed by atoms with Crippen molar-refractivity contribution >= 4 is 57.8 Å². The molecule has 2 aromatic rings. The molecule has 0 bridgehead atoms. The second-order valence-corrected chi connectivity index (χ2v) is 8.14. The van der Waals surface area contributed by atoms with Crippen molar-refractivity contribution < 1.29 is 4.79 Å². The molecule has 138 valence electrons. The quantitative estimate of drug-likeness (QED) is 0.658. The van der Waals surface area contributed by atoms with E-state index in [1.165, 1.54) is 11.8 Å². The van der Waals surface area contributed by atoms with Crippen molar-refractivity contribution in [3.05, 3.63) is 69.0 Å². The molecular formula is C20H17Cl2N3OS. The molecule has 7 heteroatoms. The Balaban J connectivity index is 1.42. The van der Waals surface area contributed by atoms with Crippen molar-refractivity contribution in [3.63, 3.8) is 0 Å². The zero-order valence-electron chi connectivity index (χ0n) is 14.4. The molecular weight excluding hydrogens is 401 g/mol. The highest BCUT2D eigenvalue weighted by atomic mass is 35.5. The number of piperazine rings is 1. The van der Waals surface area contributed by atoms with E-state index in [-0.39, 0.29) is 5.91 Å². The maximum absolute atomic E-state index is 12.3. The average molecular weight is 418 g/mol.